The lowest BCUT2D eigenvalue weighted by atomic mass is 9.94. The van der Waals surface area contributed by atoms with Crippen LogP contribution >= 0.6 is 11.3 Å². The molecule has 1 aliphatic rings. The number of aromatic nitrogens is 2. The Labute approximate surface area is 115 Å². The molecule has 4 nitrogen and oxygen atoms in total. The van der Waals surface area contributed by atoms with Gasteiger partial charge in [0.15, 0.2) is 0 Å². The zero-order valence-electron chi connectivity index (χ0n) is 11.7. The van der Waals surface area contributed by atoms with Gasteiger partial charge < -0.3 is 4.74 Å². The summed E-state index contributed by atoms with van der Waals surface area (Å²) in [6.07, 6.45) is 0.785. The molecular formula is C14H18N2O2S. The molecule has 0 atom stereocenters. The quantitative estimate of drug-likeness (QED) is 0.872. The molecule has 3 rings (SSSR count). The number of fused-ring (bicyclic) bond motifs is 3. The maximum Gasteiger partial charge on any atom is 0.273 e. The van der Waals surface area contributed by atoms with Crippen molar-refractivity contribution in [2.24, 2.45) is 0 Å². The summed E-state index contributed by atoms with van der Waals surface area (Å²) in [6.45, 7) is 8.92. The van der Waals surface area contributed by atoms with Crippen molar-refractivity contribution < 1.29 is 4.74 Å². The van der Waals surface area contributed by atoms with E-state index in [1.807, 2.05) is 0 Å². The van der Waals surface area contributed by atoms with E-state index in [0.29, 0.717) is 12.5 Å². The third-order valence-corrected chi connectivity index (χ3v) is 4.80. The molecule has 0 amide bonds. The molecule has 1 N–H and O–H groups in total. The van der Waals surface area contributed by atoms with Gasteiger partial charge in [0, 0.05) is 11.3 Å². The number of hydrogen-bond acceptors (Lipinski definition) is 4. The first-order valence-corrected chi connectivity index (χ1v) is 7.37. The highest BCUT2D eigenvalue weighted by atomic mass is 32.1. The summed E-state index contributed by atoms with van der Waals surface area (Å²) in [7, 11) is 0. The van der Waals surface area contributed by atoms with Gasteiger partial charge in [-0.2, -0.15) is 5.10 Å². The predicted molar refractivity (Wildman–Crippen MR) is 76.9 cm³/mol. The monoisotopic (exact) mass is 278 g/mol. The molecule has 0 aromatic carbocycles. The predicted octanol–water partition coefficient (Wildman–Crippen LogP) is 2.96. The van der Waals surface area contributed by atoms with Crippen LogP contribution in [0.2, 0.25) is 0 Å². The minimum absolute atomic E-state index is 0.0744. The highest BCUT2D eigenvalue weighted by Crippen LogP contribution is 2.39. The highest BCUT2D eigenvalue weighted by molar-refractivity contribution is 7.19. The average Bonchev–Trinajstić information content (AvgIpc) is 2.66. The van der Waals surface area contributed by atoms with E-state index in [0.717, 1.165) is 27.8 Å². The first-order valence-electron chi connectivity index (χ1n) is 6.56. The Morgan fingerprint density at radius 3 is 2.84 bits per heavy atom. The van der Waals surface area contributed by atoms with Gasteiger partial charge in [0.1, 0.15) is 0 Å². The van der Waals surface area contributed by atoms with Crippen LogP contribution in [-0.4, -0.2) is 15.8 Å². The van der Waals surface area contributed by atoms with Gasteiger partial charge in [0.2, 0.25) is 0 Å². The topological polar surface area (TPSA) is 55.0 Å². The summed E-state index contributed by atoms with van der Waals surface area (Å²) >= 11 is 1.66. The standard InChI is InChI=1S/C14H18N2O2S/c1-7(2)11-12-10(13(17)16-15-11)8-5-14(3,4)18-6-9(8)19-12/h7H,5-6H2,1-4H3,(H,16,17). The van der Waals surface area contributed by atoms with E-state index >= 15 is 0 Å². The van der Waals surface area contributed by atoms with Gasteiger partial charge in [-0.1, -0.05) is 13.8 Å². The van der Waals surface area contributed by atoms with E-state index in [9.17, 15) is 4.79 Å². The molecule has 5 heteroatoms. The van der Waals surface area contributed by atoms with E-state index < -0.39 is 0 Å². The Kier molecular flexibility index (Phi) is 2.80. The Hall–Kier alpha value is -1.20. The second-order valence-electron chi connectivity index (χ2n) is 6.03. The van der Waals surface area contributed by atoms with Crippen molar-refractivity contribution in [3.8, 4) is 0 Å². The van der Waals surface area contributed by atoms with Crippen molar-refractivity contribution in [2.45, 2.75) is 52.2 Å². The van der Waals surface area contributed by atoms with Crippen LogP contribution in [0.4, 0.5) is 0 Å². The SMILES string of the molecule is CC(C)c1n[nH]c(=O)c2c3c(sc12)COC(C)(C)C3. The molecule has 19 heavy (non-hydrogen) atoms. The second kappa shape index (κ2) is 4.15. The van der Waals surface area contributed by atoms with Gasteiger partial charge in [-0.15, -0.1) is 11.3 Å². The molecule has 0 fully saturated rings. The summed E-state index contributed by atoms with van der Waals surface area (Å²) < 4.78 is 6.87. The molecule has 0 saturated heterocycles. The maximum atomic E-state index is 12.1. The fourth-order valence-corrected chi connectivity index (χ4v) is 3.95. The van der Waals surface area contributed by atoms with Crippen molar-refractivity contribution >= 4 is 21.4 Å². The fourth-order valence-electron chi connectivity index (χ4n) is 2.58. The second-order valence-corrected chi connectivity index (χ2v) is 7.13. The molecule has 2 aromatic rings. The summed E-state index contributed by atoms with van der Waals surface area (Å²) in [5.41, 5.74) is 1.86. The maximum absolute atomic E-state index is 12.1. The van der Waals surface area contributed by atoms with Gasteiger partial charge >= 0.3 is 0 Å². The molecule has 3 heterocycles. The molecule has 0 spiro atoms. The number of nitrogens with one attached hydrogen (secondary N) is 1. The number of H-pyrrole nitrogens is 1. The van der Waals surface area contributed by atoms with E-state index in [2.05, 4.69) is 37.9 Å². The van der Waals surface area contributed by atoms with Gasteiger partial charge in [-0.25, -0.2) is 5.10 Å². The van der Waals surface area contributed by atoms with Crippen LogP contribution in [0, 0.1) is 0 Å². The van der Waals surface area contributed by atoms with Gasteiger partial charge in [0.25, 0.3) is 5.56 Å². The van der Waals surface area contributed by atoms with Crippen LogP contribution < -0.4 is 5.56 Å². The molecule has 0 radical (unpaired) electrons. The first-order chi connectivity index (χ1) is 8.89. The Bertz CT molecular complexity index is 697. The minimum atomic E-state index is -0.200. The van der Waals surface area contributed by atoms with E-state index in [1.54, 1.807) is 11.3 Å². The summed E-state index contributed by atoms with van der Waals surface area (Å²) in [4.78, 5) is 13.3. The van der Waals surface area contributed by atoms with Crippen LogP contribution in [-0.2, 0) is 17.8 Å². The third kappa shape index (κ3) is 2.01. The van der Waals surface area contributed by atoms with Gasteiger partial charge in [0.05, 0.1) is 28.0 Å². The smallest absolute Gasteiger partial charge is 0.273 e. The fraction of sp³-hybridized carbons (Fsp3) is 0.571. The lowest BCUT2D eigenvalue weighted by Gasteiger charge is -2.29. The number of rotatable bonds is 1. The molecule has 0 saturated carbocycles. The average molecular weight is 278 g/mol. The lowest BCUT2D eigenvalue weighted by molar-refractivity contribution is -0.0379. The molecule has 0 aliphatic carbocycles. The summed E-state index contributed by atoms with van der Waals surface area (Å²) in [5.74, 6) is 0.299. The van der Waals surface area contributed by atoms with Gasteiger partial charge in [-0.3, -0.25) is 4.79 Å². The Morgan fingerprint density at radius 1 is 1.42 bits per heavy atom. The number of thiophene rings is 1. The zero-order valence-corrected chi connectivity index (χ0v) is 12.5. The Morgan fingerprint density at radius 2 is 2.16 bits per heavy atom. The number of aromatic amines is 1. The highest BCUT2D eigenvalue weighted by Gasteiger charge is 2.31. The summed E-state index contributed by atoms with van der Waals surface area (Å²) in [5, 5.41) is 7.69. The molecule has 1 aliphatic heterocycles. The largest absolute Gasteiger partial charge is 0.370 e. The molecule has 102 valence electrons. The number of ether oxygens (including phenoxy) is 1. The van der Waals surface area contributed by atoms with Crippen LogP contribution in [0.15, 0.2) is 4.79 Å². The van der Waals surface area contributed by atoms with E-state index in [-0.39, 0.29) is 11.2 Å². The van der Waals surface area contributed by atoms with Crippen LogP contribution in [0.5, 0.6) is 0 Å². The minimum Gasteiger partial charge on any atom is -0.370 e. The molecule has 0 bridgehead atoms. The zero-order chi connectivity index (χ0) is 13.8. The van der Waals surface area contributed by atoms with E-state index in [4.69, 9.17) is 4.74 Å². The van der Waals surface area contributed by atoms with Crippen molar-refractivity contribution in [2.75, 3.05) is 0 Å². The normalized spacial score (nSPS) is 17.9. The van der Waals surface area contributed by atoms with Crippen LogP contribution in [0.3, 0.4) is 0 Å². The first kappa shape index (κ1) is 12.8. The Balaban J connectivity index is 2.32. The summed E-state index contributed by atoms with van der Waals surface area (Å²) in [6, 6.07) is 0. The third-order valence-electron chi connectivity index (χ3n) is 3.57. The van der Waals surface area contributed by atoms with Crippen LogP contribution in [0.25, 0.3) is 10.1 Å². The van der Waals surface area contributed by atoms with Crippen molar-refractivity contribution in [1.82, 2.24) is 10.2 Å². The number of nitrogens with zero attached hydrogens (tertiary/aromatic N) is 1. The van der Waals surface area contributed by atoms with Crippen LogP contribution in [0.1, 0.15) is 49.7 Å². The molecule has 2 aromatic heterocycles. The van der Waals surface area contributed by atoms with Crippen molar-refractivity contribution in [3.63, 3.8) is 0 Å². The molecule has 0 unspecified atom stereocenters. The van der Waals surface area contributed by atoms with E-state index in [1.165, 1.54) is 4.88 Å². The molecular weight excluding hydrogens is 260 g/mol. The lowest BCUT2D eigenvalue weighted by Crippen LogP contribution is -2.31. The van der Waals surface area contributed by atoms with Gasteiger partial charge in [-0.05, 0) is 25.3 Å². The van der Waals surface area contributed by atoms with Crippen molar-refractivity contribution in [1.29, 1.82) is 0 Å². The number of hydrogen-bond donors (Lipinski definition) is 1. The van der Waals surface area contributed by atoms with Crippen molar-refractivity contribution in [3.05, 3.63) is 26.5 Å².